The predicted molar refractivity (Wildman–Crippen MR) is 79.2 cm³/mol. The Bertz CT molecular complexity index is 327. The van der Waals surface area contributed by atoms with Crippen molar-refractivity contribution < 1.29 is 4.74 Å². The highest BCUT2D eigenvalue weighted by molar-refractivity contribution is 7.09. The van der Waals surface area contributed by atoms with E-state index in [4.69, 9.17) is 10.5 Å². The summed E-state index contributed by atoms with van der Waals surface area (Å²) >= 11 is 1.82. The maximum atomic E-state index is 6.03. The van der Waals surface area contributed by atoms with Crippen molar-refractivity contribution in [2.24, 2.45) is 11.7 Å². The Morgan fingerprint density at radius 2 is 2.22 bits per heavy atom. The van der Waals surface area contributed by atoms with Crippen LogP contribution < -0.4 is 5.73 Å². The molecule has 1 aromatic rings. The molecule has 1 rings (SSSR count). The zero-order chi connectivity index (χ0) is 13.6. The summed E-state index contributed by atoms with van der Waals surface area (Å²) in [4.78, 5) is 3.79. The largest absolute Gasteiger partial charge is 0.383 e. The fourth-order valence-corrected chi connectivity index (χ4v) is 3.07. The van der Waals surface area contributed by atoms with Crippen molar-refractivity contribution in [3.63, 3.8) is 0 Å². The summed E-state index contributed by atoms with van der Waals surface area (Å²) in [6, 6.07) is 4.29. The number of hydrogen-bond donors (Lipinski definition) is 1. The van der Waals surface area contributed by atoms with Crippen molar-refractivity contribution in [3.05, 3.63) is 22.4 Å². The van der Waals surface area contributed by atoms with Gasteiger partial charge in [0.25, 0.3) is 0 Å². The Morgan fingerprint density at radius 1 is 1.50 bits per heavy atom. The summed E-state index contributed by atoms with van der Waals surface area (Å²) in [5, 5.41) is 2.13. The molecule has 1 heterocycles. The normalized spacial score (nSPS) is 15.3. The van der Waals surface area contributed by atoms with E-state index >= 15 is 0 Å². The Morgan fingerprint density at radius 3 is 2.67 bits per heavy atom. The number of nitrogens with two attached hydrogens (primary N) is 1. The van der Waals surface area contributed by atoms with Crippen LogP contribution >= 0.6 is 11.3 Å². The molecule has 1 unspecified atom stereocenters. The van der Waals surface area contributed by atoms with Gasteiger partial charge in [-0.15, -0.1) is 11.3 Å². The minimum atomic E-state index is -0.0635. The third-order valence-corrected chi connectivity index (χ3v) is 4.79. The molecule has 0 aliphatic rings. The molecule has 3 nitrogen and oxygen atoms in total. The topological polar surface area (TPSA) is 38.5 Å². The third kappa shape index (κ3) is 3.54. The first-order valence-electron chi connectivity index (χ1n) is 6.49. The van der Waals surface area contributed by atoms with Gasteiger partial charge in [0, 0.05) is 25.1 Å². The Balaban J connectivity index is 2.66. The molecule has 18 heavy (non-hydrogen) atoms. The second kappa shape index (κ2) is 7.24. The minimum Gasteiger partial charge on any atom is -0.383 e. The summed E-state index contributed by atoms with van der Waals surface area (Å²) in [6.45, 7) is 6.75. The fraction of sp³-hybridized carbons (Fsp3) is 0.714. The highest BCUT2D eigenvalue weighted by Crippen LogP contribution is 2.24. The van der Waals surface area contributed by atoms with E-state index < -0.39 is 0 Å². The summed E-state index contributed by atoms with van der Waals surface area (Å²) in [6.07, 6.45) is 1.08. The van der Waals surface area contributed by atoms with Gasteiger partial charge in [-0.25, -0.2) is 0 Å². The molecule has 0 saturated carbocycles. The molecule has 0 saturated heterocycles. The molecule has 0 radical (unpaired) electrons. The van der Waals surface area contributed by atoms with Gasteiger partial charge in [0.15, 0.2) is 0 Å². The Labute approximate surface area is 115 Å². The average molecular weight is 270 g/mol. The molecule has 4 heteroatoms. The lowest BCUT2D eigenvalue weighted by Crippen LogP contribution is -2.59. The van der Waals surface area contributed by atoms with Gasteiger partial charge in [-0.3, -0.25) is 4.90 Å². The van der Waals surface area contributed by atoms with Crippen LogP contribution in [0.3, 0.4) is 0 Å². The lowest BCUT2D eigenvalue weighted by Gasteiger charge is -2.44. The van der Waals surface area contributed by atoms with Gasteiger partial charge in [-0.2, -0.15) is 0 Å². The predicted octanol–water partition coefficient (Wildman–Crippen LogP) is 2.22. The number of nitrogens with zero attached hydrogens (tertiary/aromatic N) is 1. The van der Waals surface area contributed by atoms with Crippen LogP contribution in [0.25, 0.3) is 0 Å². The Hall–Kier alpha value is -0.420. The van der Waals surface area contributed by atoms with E-state index in [1.165, 1.54) is 4.88 Å². The molecular formula is C14H26N2OS. The molecule has 104 valence electrons. The van der Waals surface area contributed by atoms with Gasteiger partial charge >= 0.3 is 0 Å². The van der Waals surface area contributed by atoms with Crippen molar-refractivity contribution in [1.29, 1.82) is 0 Å². The highest BCUT2D eigenvalue weighted by Gasteiger charge is 2.36. The van der Waals surface area contributed by atoms with E-state index in [0.717, 1.165) is 13.0 Å². The molecule has 0 aromatic carbocycles. The van der Waals surface area contributed by atoms with Crippen molar-refractivity contribution in [1.82, 2.24) is 4.90 Å². The first kappa shape index (κ1) is 15.6. The van der Waals surface area contributed by atoms with Crippen LogP contribution in [0.1, 0.15) is 18.7 Å². The van der Waals surface area contributed by atoms with Crippen molar-refractivity contribution in [2.45, 2.75) is 25.8 Å². The second-order valence-corrected chi connectivity index (χ2v) is 6.18. The lowest BCUT2D eigenvalue weighted by molar-refractivity contribution is -0.000284. The fourth-order valence-electron chi connectivity index (χ4n) is 2.37. The number of thiophene rings is 1. The van der Waals surface area contributed by atoms with Gasteiger partial charge in [0.2, 0.25) is 0 Å². The number of likely N-dealkylation sites (N-methyl/N-ethyl adjacent to an activating group) is 1. The first-order valence-corrected chi connectivity index (χ1v) is 7.37. The zero-order valence-corrected chi connectivity index (χ0v) is 12.8. The SMILES string of the molecule is COCC(CN)(C(C)C)N(C)CCc1cccs1. The molecule has 1 atom stereocenters. The van der Waals surface area contributed by atoms with E-state index in [-0.39, 0.29) is 5.54 Å². The van der Waals surface area contributed by atoms with E-state index in [1.807, 2.05) is 11.3 Å². The van der Waals surface area contributed by atoms with Gasteiger partial charge in [0.05, 0.1) is 12.1 Å². The van der Waals surface area contributed by atoms with Gasteiger partial charge in [0.1, 0.15) is 0 Å². The summed E-state index contributed by atoms with van der Waals surface area (Å²) in [7, 11) is 3.90. The second-order valence-electron chi connectivity index (χ2n) is 5.15. The quantitative estimate of drug-likeness (QED) is 0.787. The van der Waals surface area contributed by atoms with Crippen LogP contribution in [0, 0.1) is 5.92 Å². The molecule has 0 aliphatic heterocycles. The Kier molecular flexibility index (Phi) is 6.29. The lowest BCUT2D eigenvalue weighted by atomic mass is 9.85. The van der Waals surface area contributed by atoms with Gasteiger partial charge < -0.3 is 10.5 Å². The van der Waals surface area contributed by atoms with E-state index in [1.54, 1.807) is 7.11 Å². The molecule has 2 N–H and O–H groups in total. The molecule has 0 spiro atoms. The summed E-state index contributed by atoms with van der Waals surface area (Å²) < 4.78 is 5.40. The number of methoxy groups -OCH3 is 1. The molecule has 0 amide bonds. The van der Waals surface area contributed by atoms with Crippen LogP contribution in [0.4, 0.5) is 0 Å². The van der Waals surface area contributed by atoms with Crippen molar-refractivity contribution >= 4 is 11.3 Å². The first-order chi connectivity index (χ1) is 8.56. The minimum absolute atomic E-state index is 0.0635. The summed E-state index contributed by atoms with van der Waals surface area (Å²) in [5.74, 6) is 0.468. The van der Waals surface area contributed by atoms with E-state index in [9.17, 15) is 0 Å². The molecular weight excluding hydrogens is 244 g/mol. The molecule has 1 aromatic heterocycles. The maximum absolute atomic E-state index is 6.03. The summed E-state index contributed by atoms with van der Waals surface area (Å²) in [5.41, 5.74) is 5.96. The molecule has 0 fully saturated rings. The van der Waals surface area contributed by atoms with Gasteiger partial charge in [-0.1, -0.05) is 19.9 Å². The smallest absolute Gasteiger partial charge is 0.0661 e. The number of rotatable bonds is 8. The highest BCUT2D eigenvalue weighted by atomic mass is 32.1. The standard InChI is InChI=1S/C14H26N2OS/c1-12(2)14(10-15,11-17-4)16(3)8-7-13-6-5-9-18-13/h5-6,9,12H,7-8,10-11,15H2,1-4H3. The third-order valence-electron chi connectivity index (χ3n) is 3.86. The van der Waals surface area contributed by atoms with Crippen molar-refractivity contribution in [2.75, 3.05) is 33.9 Å². The van der Waals surface area contributed by atoms with E-state index in [2.05, 4.69) is 43.3 Å². The number of hydrogen-bond acceptors (Lipinski definition) is 4. The van der Waals surface area contributed by atoms with Gasteiger partial charge in [-0.05, 0) is 30.8 Å². The van der Waals surface area contributed by atoms with Crippen LogP contribution in [0.15, 0.2) is 17.5 Å². The molecule has 0 aliphatic carbocycles. The number of ether oxygens (including phenoxy) is 1. The van der Waals surface area contributed by atoms with Crippen LogP contribution in [0.2, 0.25) is 0 Å². The van der Waals surface area contributed by atoms with Crippen LogP contribution in [-0.2, 0) is 11.2 Å². The van der Waals surface area contributed by atoms with Crippen LogP contribution in [0.5, 0.6) is 0 Å². The van der Waals surface area contributed by atoms with Crippen molar-refractivity contribution in [3.8, 4) is 0 Å². The molecule has 0 bridgehead atoms. The average Bonchev–Trinajstić information content (AvgIpc) is 2.85. The van der Waals surface area contributed by atoms with Crippen LogP contribution in [-0.4, -0.2) is 44.3 Å². The van der Waals surface area contributed by atoms with E-state index in [0.29, 0.717) is 19.1 Å². The zero-order valence-electron chi connectivity index (χ0n) is 12.0. The monoisotopic (exact) mass is 270 g/mol. The maximum Gasteiger partial charge on any atom is 0.0661 e.